The van der Waals surface area contributed by atoms with Crippen LogP contribution in [0.1, 0.15) is 15.9 Å². The SMILES string of the molecule is O=C(O)c1ccc(/N=C/c2ccc(F)cc2)cc1. The highest BCUT2D eigenvalue weighted by Gasteiger charge is 2.00. The van der Waals surface area contributed by atoms with E-state index in [1.54, 1.807) is 30.5 Å². The summed E-state index contributed by atoms with van der Waals surface area (Å²) in [5.41, 5.74) is 1.64. The van der Waals surface area contributed by atoms with E-state index in [0.29, 0.717) is 5.69 Å². The number of benzene rings is 2. The molecule has 2 aromatic rings. The van der Waals surface area contributed by atoms with Crippen LogP contribution in [0.2, 0.25) is 0 Å². The van der Waals surface area contributed by atoms with E-state index in [1.165, 1.54) is 24.3 Å². The molecule has 3 nitrogen and oxygen atoms in total. The number of hydrogen-bond acceptors (Lipinski definition) is 2. The Hall–Kier alpha value is -2.49. The minimum atomic E-state index is -0.968. The van der Waals surface area contributed by atoms with Gasteiger partial charge in [0.1, 0.15) is 5.82 Å². The largest absolute Gasteiger partial charge is 0.478 e. The van der Waals surface area contributed by atoms with Crippen LogP contribution in [0, 0.1) is 5.82 Å². The smallest absolute Gasteiger partial charge is 0.335 e. The molecule has 2 rings (SSSR count). The van der Waals surface area contributed by atoms with Crippen molar-refractivity contribution in [1.82, 2.24) is 0 Å². The van der Waals surface area contributed by atoms with Crippen molar-refractivity contribution in [3.05, 3.63) is 65.5 Å². The summed E-state index contributed by atoms with van der Waals surface area (Å²) in [6.07, 6.45) is 1.59. The number of carboxylic acids is 1. The van der Waals surface area contributed by atoms with Gasteiger partial charge in [0, 0.05) is 6.21 Å². The van der Waals surface area contributed by atoms with Crippen molar-refractivity contribution < 1.29 is 14.3 Å². The Morgan fingerprint density at radius 2 is 1.67 bits per heavy atom. The lowest BCUT2D eigenvalue weighted by Gasteiger charge is -1.96. The summed E-state index contributed by atoms with van der Waals surface area (Å²) < 4.78 is 12.7. The predicted octanol–water partition coefficient (Wildman–Crippen LogP) is 3.27. The minimum Gasteiger partial charge on any atom is -0.478 e. The number of rotatable bonds is 3. The first-order valence-corrected chi connectivity index (χ1v) is 5.28. The number of carboxylic acid groups (broad SMARTS) is 1. The Morgan fingerprint density at radius 3 is 2.22 bits per heavy atom. The maximum absolute atomic E-state index is 12.7. The first kappa shape index (κ1) is 12.0. The predicted molar refractivity (Wildman–Crippen MR) is 67.1 cm³/mol. The van der Waals surface area contributed by atoms with Crippen LogP contribution >= 0.6 is 0 Å². The van der Waals surface area contributed by atoms with E-state index in [9.17, 15) is 9.18 Å². The molecule has 0 heterocycles. The summed E-state index contributed by atoms with van der Waals surface area (Å²) in [6, 6.07) is 12.1. The molecule has 1 N–H and O–H groups in total. The molecule has 0 aliphatic heterocycles. The Kier molecular flexibility index (Phi) is 3.48. The van der Waals surface area contributed by atoms with E-state index in [0.717, 1.165) is 5.56 Å². The van der Waals surface area contributed by atoms with Crippen molar-refractivity contribution in [3.63, 3.8) is 0 Å². The zero-order valence-electron chi connectivity index (χ0n) is 9.38. The molecule has 0 amide bonds. The average molecular weight is 243 g/mol. The second-order valence-electron chi connectivity index (χ2n) is 3.66. The second kappa shape index (κ2) is 5.23. The van der Waals surface area contributed by atoms with Crippen LogP contribution in [-0.2, 0) is 0 Å². The van der Waals surface area contributed by atoms with Crippen LogP contribution in [0.15, 0.2) is 53.5 Å². The number of halogens is 1. The molecule has 0 aromatic heterocycles. The van der Waals surface area contributed by atoms with Gasteiger partial charge in [0.25, 0.3) is 0 Å². The molecule has 0 aliphatic carbocycles. The molecule has 0 fully saturated rings. The fourth-order valence-electron chi connectivity index (χ4n) is 1.39. The zero-order valence-corrected chi connectivity index (χ0v) is 9.38. The number of nitrogens with zero attached hydrogens (tertiary/aromatic N) is 1. The lowest BCUT2D eigenvalue weighted by atomic mass is 10.2. The lowest BCUT2D eigenvalue weighted by Crippen LogP contribution is -1.94. The summed E-state index contributed by atoms with van der Waals surface area (Å²) in [5, 5.41) is 8.74. The van der Waals surface area contributed by atoms with Gasteiger partial charge in [0.2, 0.25) is 0 Å². The average Bonchev–Trinajstić information content (AvgIpc) is 2.38. The fourth-order valence-corrected chi connectivity index (χ4v) is 1.39. The summed E-state index contributed by atoms with van der Waals surface area (Å²) in [6.45, 7) is 0. The van der Waals surface area contributed by atoms with E-state index in [2.05, 4.69) is 4.99 Å². The molecule has 0 saturated carbocycles. The highest BCUT2D eigenvalue weighted by atomic mass is 19.1. The summed E-state index contributed by atoms with van der Waals surface area (Å²) in [5.74, 6) is -1.26. The molecule has 18 heavy (non-hydrogen) atoms. The third-order valence-electron chi connectivity index (χ3n) is 2.35. The van der Waals surface area contributed by atoms with Gasteiger partial charge in [-0.05, 0) is 42.0 Å². The van der Waals surface area contributed by atoms with Crippen molar-refractivity contribution in [2.24, 2.45) is 4.99 Å². The molecule has 0 unspecified atom stereocenters. The number of aromatic carboxylic acids is 1. The summed E-state index contributed by atoms with van der Waals surface area (Å²) >= 11 is 0. The third kappa shape index (κ3) is 3.01. The molecule has 0 aliphatic rings. The van der Waals surface area contributed by atoms with Gasteiger partial charge < -0.3 is 5.11 Å². The lowest BCUT2D eigenvalue weighted by molar-refractivity contribution is 0.0697. The Bertz CT molecular complexity index is 574. The number of aliphatic imine (C=N–C) groups is 1. The van der Waals surface area contributed by atoms with Crippen LogP contribution in [0.3, 0.4) is 0 Å². The Balaban J connectivity index is 2.13. The molecule has 0 saturated heterocycles. The van der Waals surface area contributed by atoms with Gasteiger partial charge in [0.15, 0.2) is 0 Å². The second-order valence-corrected chi connectivity index (χ2v) is 3.66. The maximum atomic E-state index is 12.7. The highest BCUT2D eigenvalue weighted by Crippen LogP contribution is 2.13. The van der Waals surface area contributed by atoms with E-state index >= 15 is 0 Å². The van der Waals surface area contributed by atoms with Crippen LogP contribution in [-0.4, -0.2) is 17.3 Å². The minimum absolute atomic E-state index is 0.218. The highest BCUT2D eigenvalue weighted by molar-refractivity contribution is 5.88. The van der Waals surface area contributed by atoms with Gasteiger partial charge in [-0.3, -0.25) is 4.99 Å². The van der Waals surface area contributed by atoms with Crippen molar-refractivity contribution in [3.8, 4) is 0 Å². The van der Waals surface area contributed by atoms with E-state index in [1.807, 2.05) is 0 Å². The molecule has 0 atom stereocenters. The molecule has 2 aromatic carbocycles. The van der Waals surface area contributed by atoms with E-state index < -0.39 is 5.97 Å². The quantitative estimate of drug-likeness (QED) is 0.841. The summed E-state index contributed by atoms with van der Waals surface area (Å²) in [4.78, 5) is 14.8. The van der Waals surface area contributed by atoms with Crippen LogP contribution < -0.4 is 0 Å². The van der Waals surface area contributed by atoms with Crippen molar-refractivity contribution in [2.45, 2.75) is 0 Å². The molecule has 4 heteroatoms. The van der Waals surface area contributed by atoms with Gasteiger partial charge in [0.05, 0.1) is 11.3 Å². The zero-order chi connectivity index (χ0) is 13.0. The van der Waals surface area contributed by atoms with Crippen LogP contribution in [0.25, 0.3) is 0 Å². The van der Waals surface area contributed by atoms with Crippen molar-refractivity contribution in [1.29, 1.82) is 0 Å². The number of carbonyl (C=O) groups is 1. The molecule has 0 radical (unpaired) electrons. The standard InChI is InChI=1S/C14H10FNO2/c15-12-5-1-10(2-6-12)9-16-13-7-3-11(4-8-13)14(17)18/h1-9H,(H,17,18)/b16-9+. The van der Waals surface area contributed by atoms with Crippen molar-refractivity contribution >= 4 is 17.9 Å². The van der Waals surface area contributed by atoms with E-state index in [4.69, 9.17) is 5.11 Å². The normalized spacial score (nSPS) is 10.7. The van der Waals surface area contributed by atoms with Gasteiger partial charge in [-0.15, -0.1) is 0 Å². The monoisotopic (exact) mass is 243 g/mol. The summed E-state index contributed by atoms with van der Waals surface area (Å²) in [7, 11) is 0. The Morgan fingerprint density at radius 1 is 1.06 bits per heavy atom. The number of hydrogen-bond donors (Lipinski definition) is 1. The van der Waals surface area contributed by atoms with Gasteiger partial charge >= 0.3 is 5.97 Å². The van der Waals surface area contributed by atoms with Crippen LogP contribution in [0.4, 0.5) is 10.1 Å². The fraction of sp³-hybridized carbons (Fsp3) is 0. The third-order valence-corrected chi connectivity index (χ3v) is 2.35. The molecule has 0 spiro atoms. The Labute approximate surface area is 103 Å². The maximum Gasteiger partial charge on any atom is 0.335 e. The van der Waals surface area contributed by atoms with Gasteiger partial charge in [-0.25, -0.2) is 9.18 Å². The van der Waals surface area contributed by atoms with Gasteiger partial charge in [-0.2, -0.15) is 0 Å². The van der Waals surface area contributed by atoms with E-state index in [-0.39, 0.29) is 11.4 Å². The topological polar surface area (TPSA) is 49.7 Å². The molecular formula is C14H10FNO2. The first-order chi connectivity index (χ1) is 8.65. The molecule has 90 valence electrons. The van der Waals surface area contributed by atoms with Gasteiger partial charge in [-0.1, -0.05) is 12.1 Å². The molecular weight excluding hydrogens is 233 g/mol. The van der Waals surface area contributed by atoms with Crippen molar-refractivity contribution in [2.75, 3.05) is 0 Å². The first-order valence-electron chi connectivity index (χ1n) is 5.28. The molecule has 0 bridgehead atoms. The van der Waals surface area contributed by atoms with Crippen LogP contribution in [0.5, 0.6) is 0 Å².